The Morgan fingerprint density at radius 1 is 1.12 bits per heavy atom. The third-order valence-corrected chi connectivity index (χ3v) is 4.57. The van der Waals surface area contributed by atoms with Gasteiger partial charge < -0.3 is 5.32 Å². The molecule has 0 aromatic carbocycles. The standard InChI is InChI=1S/C14H28N2/c1-3-12(4-2)16-11-6-5-9-14(16)13-8-7-10-15-13/h12-15H,3-11H2,1-2H3. The highest BCUT2D eigenvalue weighted by Gasteiger charge is 2.33. The minimum atomic E-state index is 0.792. The van der Waals surface area contributed by atoms with Gasteiger partial charge in [-0.1, -0.05) is 20.3 Å². The van der Waals surface area contributed by atoms with E-state index in [1.54, 1.807) is 0 Å². The average Bonchev–Trinajstić information content (AvgIpc) is 2.85. The van der Waals surface area contributed by atoms with Crippen LogP contribution in [0.2, 0.25) is 0 Å². The van der Waals surface area contributed by atoms with Crippen LogP contribution < -0.4 is 5.32 Å². The van der Waals surface area contributed by atoms with Crippen LogP contribution in [-0.4, -0.2) is 36.1 Å². The second-order valence-electron chi connectivity index (χ2n) is 5.47. The third-order valence-electron chi connectivity index (χ3n) is 4.57. The quantitative estimate of drug-likeness (QED) is 0.790. The van der Waals surface area contributed by atoms with Crippen molar-refractivity contribution >= 4 is 0 Å². The van der Waals surface area contributed by atoms with E-state index in [9.17, 15) is 0 Å². The summed E-state index contributed by atoms with van der Waals surface area (Å²) in [5.74, 6) is 0. The molecule has 2 aliphatic heterocycles. The molecule has 0 amide bonds. The molecule has 0 bridgehead atoms. The van der Waals surface area contributed by atoms with Gasteiger partial charge in [-0.15, -0.1) is 0 Å². The summed E-state index contributed by atoms with van der Waals surface area (Å²) in [5, 5.41) is 3.72. The van der Waals surface area contributed by atoms with Crippen LogP contribution in [0.4, 0.5) is 0 Å². The van der Waals surface area contributed by atoms with E-state index in [0.29, 0.717) is 0 Å². The van der Waals surface area contributed by atoms with Gasteiger partial charge in [0.05, 0.1) is 0 Å². The number of hydrogen-bond donors (Lipinski definition) is 1. The first-order chi connectivity index (χ1) is 7.86. The predicted molar refractivity (Wildman–Crippen MR) is 69.7 cm³/mol. The van der Waals surface area contributed by atoms with E-state index in [0.717, 1.165) is 18.1 Å². The smallest absolute Gasteiger partial charge is 0.0252 e. The number of hydrogen-bond acceptors (Lipinski definition) is 2. The molecule has 2 nitrogen and oxygen atoms in total. The van der Waals surface area contributed by atoms with Crippen LogP contribution in [-0.2, 0) is 0 Å². The fourth-order valence-corrected chi connectivity index (χ4v) is 3.66. The van der Waals surface area contributed by atoms with Crippen LogP contribution in [0.15, 0.2) is 0 Å². The summed E-state index contributed by atoms with van der Waals surface area (Å²) < 4.78 is 0. The molecule has 0 spiro atoms. The molecule has 16 heavy (non-hydrogen) atoms. The zero-order valence-corrected chi connectivity index (χ0v) is 11.0. The fraction of sp³-hybridized carbons (Fsp3) is 1.00. The summed E-state index contributed by atoms with van der Waals surface area (Å²) in [4.78, 5) is 2.83. The van der Waals surface area contributed by atoms with E-state index in [2.05, 4.69) is 24.1 Å². The number of rotatable bonds is 4. The van der Waals surface area contributed by atoms with Gasteiger partial charge in [0.15, 0.2) is 0 Å². The van der Waals surface area contributed by atoms with Crippen molar-refractivity contribution in [2.45, 2.75) is 76.9 Å². The van der Waals surface area contributed by atoms with Crippen LogP contribution >= 0.6 is 0 Å². The van der Waals surface area contributed by atoms with Crippen molar-refractivity contribution in [2.75, 3.05) is 13.1 Å². The second kappa shape index (κ2) is 6.02. The molecule has 0 aromatic heterocycles. The first-order valence-electron chi connectivity index (χ1n) is 7.36. The third kappa shape index (κ3) is 2.60. The number of likely N-dealkylation sites (tertiary alicyclic amines) is 1. The molecule has 2 atom stereocenters. The number of nitrogens with one attached hydrogen (secondary N) is 1. The lowest BCUT2D eigenvalue weighted by atomic mass is 9.92. The van der Waals surface area contributed by atoms with Gasteiger partial charge in [0.2, 0.25) is 0 Å². The monoisotopic (exact) mass is 224 g/mol. The van der Waals surface area contributed by atoms with Gasteiger partial charge >= 0.3 is 0 Å². The summed E-state index contributed by atoms with van der Waals surface area (Å²) >= 11 is 0. The van der Waals surface area contributed by atoms with Gasteiger partial charge in [-0.25, -0.2) is 0 Å². The van der Waals surface area contributed by atoms with Crippen molar-refractivity contribution in [1.29, 1.82) is 0 Å². The molecular formula is C14H28N2. The van der Waals surface area contributed by atoms with Crippen LogP contribution in [0.3, 0.4) is 0 Å². The first-order valence-corrected chi connectivity index (χ1v) is 7.36. The Morgan fingerprint density at radius 3 is 2.56 bits per heavy atom. The summed E-state index contributed by atoms with van der Waals surface area (Å²) in [7, 11) is 0. The molecule has 2 heteroatoms. The van der Waals surface area contributed by atoms with Crippen LogP contribution in [0.1, 0.15) is 58.8 Å². The van der Waals surface area contributed by atoms with Crippen molar-refractivity contribution in [3.63, 3.8) is 0 Å². The molecular weight excluding hydrogens is 196 g/mol. The van der Waals surface area contributed by atoms with Crippen LogP contribution in [0.25, 0.3) is 0 Å². The van der Waals surface area contributed by atoms with Crippen LogP contribution in [0, 0.1) is 0 Å². The Bertz CT molecular complexity index is 185. The molecule has 2 rings (SSSR count). The Morgan fingerprint density at radius 2 is 1.94 bits per heavy atom. The van der Waals surface area contributed by atoms with E-state index in [1.165, 1.54) is 58.0 Å². The fourth-order valence-electron chi connectivity index (χ4n) is 3.66. The molecule has 0 radical (unpaired) electrons. The van der Waals surface area contributed by atoms with E-state index < -0.39 is 0 Å². The molecule has 94 valence electrons. The molecule has 2 fully saturated rings. The Kier molecular flexibility index (Phi) is 4.66. The Hall–Kier alpha value is -0.0800. The van der Waals surface area contributed by atoms with Gasteiger partial charge in [0, 0.05) is 18.1 Å². The number of piperidine rings is 1. The lowest BCUT2D eigenvalue weighted by molar-refractivity contribution is 0.0687. The molecule has 0 aromatic rings. The number of nitrogens with zero attached hydrogens (tertiary/aromatic N) is 1. The average molecular weight is 224 g/mol. The Labute approximate surface area is 101 Å². The van der Waals surface area contributed by atoms with Gasteiger partial charge in [-0.05, 0) is 51.6 Å². The van der Waals surface area contributed by atoms with Gasteiger partial charge in [0.1, 0.15) is 0 Å². The first kappa shape index (κ1) is 12.4. The molecule has 1 N–H and O–H groups in total. The lowest BCUT2D eigenvalue weighted by Crippen LogP contribution is -2.53. The summed E-state index contributed by atoms with van der Waals surface area (Å²) in [6, 6.07) is 2.45. The SMILES string of the molecule is CCC(CC)N1CCCCC1C1CCCN1. The van der Waals surface area contributed by atoms with E-state index >= 15 is 0 Å². The van der Waals surface area contributed by atoms with Crippen molar-refractivity contribution in [2.24, 2.45) is 0 Å². The molecule has 2 aliphatic rings. The van der Waals surface area contributed by atoms with Crippen molar-refractivity contribution in [1.82, 2.24) is 10.2 Å². The topological polar surface area (TPSA) is 15.3 Å². The Balaban J connectivity index is 2.00. The van der Waals surface area contributed by atoms with E-state index in [4.69, 9.17) is 0 Å². The largest absolute Gasteiger partial charge is 0.312 e. The highest BCUT2D eigenvalue weighted by Crippen LogP contribution is 2.27. The summed E-state index contributed by atoms with van der Waals surface area (Å²) in [6.45, 7) is 7.29. The van der Waals surface area contributed by atoms with Gasteiger partial charge in [-0.3, -0.25) is 4.90 Å². The molecule has 0 saturated carbocycles. The molecule has 2 unspecified atom stereocenters. The molecule has 2 heterocycles. The van der Waals surface area contributed by atoms with E-state index in [1.807, 2.05) is 0 Å². The minimum absolute atomic E-state index is 0.792. The van der Waals surface area contributed by atoms with Crippen molar-refractivity contribution in [3.8, 4) is 0 Å². The van der Waals surface area contributed by atoms with E-state index in [-0.39, 0.29) is 0 Å². The minimum Gasteiger partial charge on any atom is -0.312 e. The molecule has 0 aliphatic carbocycles. The summed E-state index contributed by atoms with van der Waals surface area (Å²) in [6.07, 6.45) is 9.71. The van der Waals surface area contributed by atoms with Crippen LogP contribution in [0.5, 0.6) is 0 Å². The predicted octanol–water partition coefficient (Wildman–Crippen LogP) is 2.78. The lowest BCUT2D eigenvalue weighted by Gasteiger charge is -2.43. The maximum absolute atomic E-state index is 3.72. The maximum Gasteiger partial charge on any atom is 0.0252 e. The van der Waals surface area contributed by atoms with Crippen molar-refractivity contribution in [3.05, 3.63) is 0 Å². The zero-order chi connectivity index (χ0) is 11.4. The van der Waals surface area contributed by atoms with Gasteiger partial charge in [-0.2, -0.15) is 0 Å². The zero-order valence-electron chi connectivity index (χ0n) is 11.0. The highest BCUT2D eigenvalue weighted by molar-refractivity contribution is 4.92. The van der Waals surface area contributed by atoms with Gasteiger partial charge in [0.25, 0.3) is 0 Å². The molecule has 2 saturated heterocycles. The summed E-state index contributed by atoms with van der Waals surface area (Å²) in [5.41, 5.74) is 0. The van der Waals surface area contributed by atoms with Crippen molar-refractivity contribution < 1.29 is 0 Å². The highest BCUT2D eigenvalue weighted by atomic mass is 15.2. The normalized spacial score (nSPS) is 32.4. The maximum atomic E-state index is 3.72. The second-order valence-corrected chi connectivity index (χ2v) is 5.47.